The summed E-state index contributed by atoms with van der Waals surface area (Å²) in [4.78, 5) is 35.6. The van der Waals surface area contributed by atoms with E-state index in [1.54, 1.807) is 13.4 Å². The van der Waals surface area contributed by atoms with Crippen molar-refractivity contribution in [3.8, 4) is 0 Å². The number of benzene rings is 1. The van der Waals surface area contributed by atoms with E-state index in [1.807, 2.05) is 32.0 Å². The molecule has 5 heterocycles. The van der Waals surface area contributed by atoms with Crippen molar-refractivity contribution in [1.82, 2.24) is 29.8 Å². The summed E-state index contributed by atoms with van der Waals surface area (Å²) in [5.74, 6) is -1.36. The SMILES string of the molecule is COCCOCCOCCN(Cc1c2c(nc3sc4c(NCCc5ccc6[nH]cnc6c5)ncnc4c13)CC(C)(C)OC2)C(=O)C(F)(F)F. The van der Waals surface area contributed by atoms with Crippen molar-refractivity contribution >= 4 is 54.5 Å². The van der Waals surface area contributed by atoms with E-state index in [2.05, 4.69) is 25.3 Å². The van der Waals surface area contributed by atoms with Crippen LogP contribution in [0.1, 0.15) is 36.2 Å². The van der Waals surface area contributed by atoms with Crippen LogP contribution in [0, 0.1) is 0 Å². The predicted octanol–water partition coefficient (Wildman–Crippen LogP) is 5.19. The lowest BCUT2D eigenvalue weighted by Gasteiger charge is -2.33. The Labute approximate surface area is 284 Å². The van der Waals surface area contributed by atoms with Gasteiger partial charge >= 0.3 is 12.1 Å². The lowest BCUT2D eigenvalue weighted by Crippen LogP contribution is -2.43. The summed E-state index contributed by atoms with van der Waals surface area (Å²) >= 11 is 1.37. The normalized spacial score (nSPS) is 14.5. The van der Waals surface area contributed by atoms with E-state index in [1.165, 1.54) is 17.7 Å². The molecule has 0 fully saturated rings. The molecule has 2 N–H and O–H groups in total. The molecule has 0 atom stereocenters. The van der Waals surface area contributed by atoms with Crippen LogP contribution in [0.2, 0.25) is 0 Å². The summed E-state index contributed by atoms with van der Waals surface area (Å²) < 4.78 is 64.4. The second kappa shape index (κ2) is 14.9. The summed E-state index contributed by atoms with van der Waals surface area (Å²) in [6, 6.07) is 6.06. The number of nitrogens with one attached hydrogen (secondary N) is 2. The topological polar surface area (TPSA) is 137 Å². The van der Waals surface area contributed by atoms with Crippen molar-refractivity contribution in [1.29, 1.82) is 0 Å². The number of ether oxygens (including phenoxy) is 4. The number of pyridine rings is 1. The van der Waals surface area contributed by atoms with Crippen LogP contribution in [0.25, 0.3) is 31.5 Å². The van der Waals surface area contributed by atoms with Crippen LogP contribution < -0.4 is 5.32 Å². The summed E-state index contributed by atoms with van der Waals surface area (Å²) in [6.07, 6.45) is -0.828. The van der Waals surface area contributed by atoms with Crippen LogP contribution in [0.5, 0.6) is 0 Å². The van der Waals surface area contributed by atoms with Crippen molar-refractivity contribution < 1.29 is 36.9 Å². The number of carbonyl (C=O) groups is 1. The van der Waals surface area contributed by atoms with Gasteiger partial charge in [0, 0.05) is 44.1 Å². The third-order valence-corrected chi connectivity index (χ3v) is 9.36. The van der Waals surface area contributed by atoms with E-state index in [-0.39, 0.29) is 39.5 Å². The quantitative estimate of drug-likeness (QED) is 0.140. The third-order valence-electron chi connectivity index (χ3n) is 8.28. The van der Waals surface area contributed by atoms with E-state index < -0.39 is 17.7 Å². The Hall–Kier alpha value is -3.96. The molecule has 262 valence electrons. The second-order valence-corrected chi connectivity index (χ2v) is 13.3. The van der Waals surface area contributed by atoms with Gasteiger partial charge in [0.15, 0.2) is 0 Å². The van der Waals surface area contributed by atoms with Crippen LogP contribution in [-0.2, 0) is 49.7 Å². The molecule has 5 aromatic rings. The Morgan fingerprint density at radius 3 is 2.71 bits per heavy atom. The number of fused-ring (bicyclic) bond motifs is 5. The van der Waals surface area contributed by atoms with E-state index in [4.69, 9.17) is 23.9 Å². The molecule has 0 unspecified atom stereocenters. The molecule has 1 aliphatic rings. The van der Waals surface area contributed by atoms with Gasteiger partial charge in [-0.25, -0.2) is 19.9 Å². The molecule has 0 bridgehead atoms. The van der Waals surface area contributed by atoms with E-state index in [0.717, 1.165) is 31.9 Å². The maximum atomic E-state index is 13.9. The molecule has 4 aromatic heterocycles. The lowest BCUT2D eigenvalue weighted by atomic mass is 9.92. The van der Waals surface area contributed by atoms with Gasteiger partial charge in [-0.15, -0.1) is 11.3 Å². The highest BCUT2D eigenvalue weighted by molar-refractivity contribution is 7.26. The van der Waals surface area contributed by atoms with Gasteiger partial charge in [0.25, 0.3) is 0 Å². The zero-order chi connectivity index (χ0) is 34.6. The largest absolute Gasteiger partial charge is 0.471 e. The molecule has 0 saturated carbocycles. The van der Waals surface area contributed by atoms with Crippen molar-refractivity contribution in [3.05, 3.63) is 53.2 Å². The summed E-state index contributed by atoms with van der Waals surface area (Å²) in [6.45, 7) is 5.08. The number of halogens is 3. The maximum Gasteiger partial charge on any atom is 0.471 e. The van der Waals surface area contributed by atoms with Gasteiger partial charge in [-0.1, -0.05) is 6.07 Å². The Kier molecular flexibility index (Phi) is 10.6. The number of amides is 1. The number of thiophene rings is 1. The van der Waals surface area contributed by atoms with Gasteiger partial charge in [-0.2, -0.15) is 13.2 Å². The Morgan fingerprint density at radius 1 is 1.12 bits per heavy atom. The zero-order valence-electron chi connectivity index (χ0n) is 27.5. The van der Waals surface area contributed by atoms with Gasteiger partial charge in [-0.3, -0.25) is 4.79 Å². The second-order valence-electron chi connectivity index (χ2n) is 12.3. The molecule has 1 aromatic carbocycles. The molecule has 16 heteroatoms. The minimum atomic E-state index is -5.08. The van der Waals surface area contributed by atoms with E-state index >= 15 is 0 Å². The van der Waals surface area contributed by atoms with Crippen LogP contribution >= 0.6 is 11.3 Å². The number of hydrogen-bond donors (Lipinski definition) is 2. The number of imidazole rings is 1. The molecule has 1 amide bonds. The molecule has 49 heavy (non-hydrogen) atoms. The molecule has 0 aliphatic carbocycles. The Morgan fingerprint density at radius 2 is 1.92 bits per heavy atom. The predicted molar refractivity (Wildman–Crippen MR) is 179 cm³/mol. The fraction of sp³-hybridized carbons (Fsp3) is 0.485. The molecule has 0 saturated heterocycles. The summed E-state index contributed by atoms with van der Waals surface area (Å²) in [5, 5.41) is 3.99. The average molecular weight is 702 g/mol. The molecular formula is C33H38F3N7O5S. The minimum absolute atomic E-state index is 0.108. The van der Waals surface area contributed by atoms with Gasteiger partial charge in [0.2, 0.25) is 0 Å². The fourth-order valence-electron chi connectivity index (χ4n) is 5.82. The molecular weight excluding hydrogens is 663 g/mol. The molecule has 12 nitrogen and oxygen atoms in total. The van der Waals surface area contributed by atoms with Crippen LogP contribution in [0.4, 0.5) is 19.0 Å². The van der Waals surface area contributed by atoms with Gasteiger partial charge in [0.1, 0.15) is 17.0 Å². The van der Waals surface area contributed by atoms with E-state index in [9.17, 15) is 18.0 Å². The summed E-state index contributed by atoms with van der Waals surface area (Å²) in [5.41, 5.74) is 4.90. The van der Waals surface area contributed by atoms with Crippen molar-refractivity contribution in [2.45, 2.75) is 51.6 Å². The minimum Gasteiger partial charge on any atom is -0.382 e. The molecule has 1 aliphatic heterocycles. The first-order valence-electron chi connectivity index (χ1n) is 15.9. The first-order chi connectivity index (χ1) is 23.5. The number of H-pyrrole nitrogens is 1. The van der Waals surface area contributed by atoms with Crippen molar-refractivity contribution in [2.24, 2.45) is 0 Å². The van der Waals surface area contributed by atoms with Crippen molar-refractivity contribution in [3.63, 3.8) is 0 Å². The first kappa shape index (κ1) is 34.9. The maximum absolute atomic E-state index is 13.9. The molecule has 0 spiro atoms. The number of hydrogen-bond acceptors (Lipinski definition) is 11. The third kappa shape index (κ3) is 8.10. The Bertz CT molecular complexity index is 1930. The van der Waals surface area contributed by atoms with Gasteiger partial charge in [0.05, 0.1) is 78.5 Å². The summed E-state index contributed by atoms with van der Waals surface area (Å²) in [7, 11) is 1.56. The zero-order valence-corrected chi connectivity index (χ0v) is 28.3. The molecule has 6 rings (SSSR count). The monoisotopic (exact) mass is 701 g/mol. The number of methoxy groups -OCH3 is 1. The van der Waals surface area contributed by atoms with E-state index in [0.29, 0.717) is 65.3 Å². The van der Waals surface area contributed by atoms with Crippen LogP contribution in [0.3, 0.4) is 0 Å². The highest BCUT2D eigenvalue weighted by Gasteiger charge is 2.43. The highest BCUT2D eigenvalue weighted by Crippen LogP contribution is 2.41. The smallest absolute Gasteiger partial charge is 0.382 e. The highest BCUT2D eigenvalue weighted by atomic mass is 32.1. The fourth-order valence-corrected chi connectivity index (χ4v) is 6.97. The standard InChI is InChI=1S/C33H38F3N7O5S/c1-32(2)15-25-22(17-48-32)21(16-43(31(44)33(34,35)36)8-9-46-12-13-47-11-10-45-3)26-27-28(49-30(26)42-25)29(41-19-40-27)37-7-6-20-4-5-23-24(14-20)39-18-38-23/h4-5,14,18-19H,6-13,15-17H2,1-3H3,(H,38,39)(H,37,40,41). The number of aromatic amines is 1. The van der Waals surface area contributed by atoms with Crippen molar-refractivity contribution in [2.75, 3.05) is 58.6 Å². The van der Waals surface area contributed by atoms with Crippen LogP contribution in [-0.4, -0.2) is 101 Å². The Balaban J connectivity index is 1.30. The van der Waals surface area contributed by atoms with Gasteiger partial charge in [-0.05, 0) is 43.5 Å². The number of anilines is 1. The average Bonchev–Trinajstić information content (AvgIpc) is 3.68. The number of nitrogens with zero attached hydrogens (tertiary/aromatic N) is 5. The number of aromatic nitrogens is 5. The lowest BCUT2D eigenvalue weighted by molar-refractivity contribution is -0.186. The van der Waals surface area contributed by atoms with Crippen LogP contribution in [0.15, 0.2) is 30.9 Å². The number of alkyl halides is 3. The first-order valence-corrected chi connectivity index (χ1v) is 16.7. The van der Waals surface area contributed by atoms with Gasteiger partial charge < -0.3 is 34.1 Å². The molecule has 0 radical (unpaired) electrons. The number of carbonyl (C=O) groups excluding carboxylic acids is 1. The number of rotatable bonds is 15.